The van der Waals surface area contributed by atoms with Crippen molar-refractivity contribution in [2.75, 3.05) is 14.1 Å². The number of allylic oxidation sites excluding steroid dienone is 1. The van der Waals surface area contributed by atoms with Gasteiger partial charge in [0.15, 0.2) is 0 Å². The molecule has 3 nitrogen and oxygen atoms in total. The first-order chi connectivity index (χ1) is 10.5. The van der Waals surface area contributed by atoms with Gasteiger partial charge in [0, 0.05) is 38.6 Å². The topological polar surface area (TPSA) is 25.2 Å². The number of carbonyl (C=O) groups excluding carboxylic acids is 1. The molecule has 22 heavy (non-hydrogen) atoms. The van der Waals surface area contributed by atoms with Crippen LogP contribution in [0.15, 0.2) is 48.3 Å². The highest BCUT2D eigenvalue weighted by atomic mass is 16.1. The van der Waals surface area contributed by atoms with Gasteiger partial charge in [-0.3, -0.25) is 4.79 Å². The van der Waals surface area contributed by atoms with Crippen LogP contribution in [0.5, 0.6) is 0 Å². The molecule has 0 radical (unpaired) electrons. The number of hydrogen-bond acceptors (Lipinski definition) is 2. The molecule has 0 bridgehead atoms. The van der Waals surface area contributed by atoms with Gasteiger partial charge in [-0.1, -0.05) is 29.8 Å². The molecule has 3 rings (SSSR count). The van der Waals surface area contributed by atoms with Gasteiger partial charge in [-0.15, -0.1) is 0 Å². The Bertz CT molecular complexity index is 720. The largest absolute Gasteiger partial charge is 0.383 e. The molecule has 0 saturated heterocycles. The average Bonchev–Trinajstić information content (AvgIpc) is 2.88. The van der Waals surface area contributed by atoms with E-state index in [1.807, 2.05) is 31.4 Å². The van der Waals surface area contributed by atoms with Gasteiger partial charge in [-0.2, -0.15) is 0 Å². The van der Waals surface area contributed by atoms with Crippen LogP contribution in [0, 0.1) is 6.92 Å². The van der Waals surface area contributed by atoms with E-state index in [2.05, 4.69) is 41.8 Å². The second kappa shape index (κ2) is 5.84. The minimum atomic E-state index is 0.173. The lowest BCUT2D eigenvalue weighted by Crippen LogP contribution is -2.20. The Balaban J connectivity index is 1.92. The van der Waals surface area contributed by atoms with E-state index >= 15 is 0 Å². The van der Waals surface area contributed by atoms with Crippen molar-refractivity contribution in [2.45, 2.75) is 26.3 Å². The van der Waals surface area contributed by atoms with Gasteiger partial charge in [0.1, 0.15) is 0 Å². The molecule has 1 aromatic heterocycles. The maximum absolute atomic E-state index is 12.8. The second-order valence-corrected chi connectivity index (χ2v) is 6.25. The molecule has 2 aromatic rings. The van der Waals surface area contributed by atoms with Gasteiger partial charge in [-0.05, 0) is 37.0 Å². The fourth-order valence-corrected chi connectivity index (χ4v) is 2.99. The van der Waals surface area contributed by atoms with E-state index in [-0.39, 0.29) is 5.78 Å². The Morgan fingerprint density at radius 2 is 1.86 bits per heavy atom. The summed E-state index contributed by atoms with van der Waals surface area (Å²) in [6.07, 6.45) is 5.77. The summed E-state index contributed by atoms with van der Waals surface area (Å²) < 4.78 is 2.09. The normalized spacial score (nSPS) is 16.0. The summed E-state index contributed by atoms with van der Waals surface area (Å²) in [5, 5.41) is 0. The van der Waals surface area contributed by atoms with E-state index in [0.29, 0.717) is 0 Å². The smallest absolute Gasteiger partial charge is 0.207 e. The third-order valence-electron chi connectivity index (χ3n) is 4.11. The van der Waals surface area contributed by atoms with Crippen LogP contribution in [-0.4, -0.2) is 29.3 Å². The number of Topliss-reactive ketones (excluding diaryl/α,β-unsaturated/α-hetero) is 1. The molecular weight excluding hydrogens is 272 g/mol. The molecule has 0 spiro atoms. The molecule has 0 aliphatic heterocycles. The first-order valence-corrected chi connectivity index (χ1v) is 7.70. The van der Waals surface area contributed by atoms with Crippen LogP contribution in [-0.2, 0) is 13.0 Å². The summed E-state index contributed by atoms with van der Waals surface area (Å²) >= 11 is 0. The Labute approximate surface area is 131 Å². The van der Waals surface area contributed by atoms with E-state index in [1.54, 1.807) is 0 Å². The summed E-state index contributed by atoms with van der Waals surface area (Å²) in [7, 11) is 3.92. The van der Waals surface area contributed by atoms with Crippen LogP contribution >= 0.6 is 0 Å². The number of hydrogen-bond donors (Lipinski definition) is 0. The minimum Gasteiger partial charge on any atom is -0.383 e. The molecule has 1 aliphatic rings. The number of aryl methyl sites for hydroxylation is 2. The molecule has 0 unspecified atom stereocenters. The third-order valence-corrected chi connectivity index (χ3v) is 4.11. The van der Waals surface area contributed by atoms with Crippen LogP contribution in [0.4, 0.5) is 0 Å². The molecule has 1 heterocycles. The average molecular weight is 294 g/mol. The second-order valence-electron chi connectivity index (χ2n) is 6.25. The number of carbonyl (C=O) groups is 1. The summed E-state index contributed by atoms with van der Waals surface area (Å²) in [6, 6.07) is 10.6. The summed E-state index contributed by atoms with van der Waals surface area (Å²) in [6.45, 7) is 2.83. The molecule has 1 aliphatic carbocycles. The fourth-order valence-electron chi connectivity index (χ4n) is 2.99. The van der Waals surface area contributed by atoms with Gasteiger partial charge in [0.05, 0.1) is 5.69 Å². The lowest BCUT2D eigenvalue weighted by atomic mass is 9.92. The number of benzene rings is 1. The highest BCUT2D eigenvalue weighted by Crippen LogP contribution is 2.27. The van der Waals surface area contributed by atoms with Gasteiger partial charge < -0.3 is 9.47 Å². The number of nitrogens with zero attached hydrogens (tertiary/aromatic N) is 2. The molecule has 0 fully saturated rings. The minimum absolute atomic E-state index is 0.173. The lowest BCUT2D eigenvalue weighted by Gasteiger charge is -2.19. The zero-order valence-electron chi connectivity index (χ0n) is 13.5. The van der Waals surface area contributed by atoms with Gasteiger partial charge >= 0.3 is 0 Å². The van der Waals surface area contributed by atoms with Crippen LogP contribution in [0.25, 0.3) is 0 Å². The van der Waals surface area contributed by atoms with Crippen molar-refractivity contribution in [3.8, 4) is 0 Å². The molecule has 0 N–H and O–H groups in total. The van der Waals surface area contributed by atoms with E-state index in [1.165, 1.54) is 16.7 Å². The van der Waals surface area contributed by atoms with Crippen molar-refractivity contribution in [1.29, 1.82) is 0 Å². The quantitative estimate of drug-likeness (QED) is 0.810. The predicted molar refractivity (Wildman–Crippen MR) is 89.1 cm³/mol. The summed E-state index contributed by atoms with van der Waals surface area (Å²) in [4.78, 5) is 14.7. The number of ketones is 1. The molecular formula is C19H22N2O. The Morgan fingerprint density at radius 1 is 1.14 bits per heavy atom. The zero-order valence-corrected chi connectivity index (χ0v) is 13.5. The Hall–Kier alpha value is -2.29. The number of rotatable bonds is 3. The van der Waals surface area contributed by atoms with Gasteiger partial charge in [0.2, 0.25) is 5.78 Å². The Kier molecular flexibility index (Phi) is 3.88. The number of fused-ring (bicyclic) bond motifs is 1. The van der Waals surface area contributed by atoms with Crippen molar-refractivity contribution < 1.29 is 4.79 Å². The standard InChI is InChI=1S/C19H22N2O/c1-14-4-6-15(7-5-14)12-21-11-10-16-8-9-17(13-20(2)3)19(22)18(16)21/h4-7,10-11,13H,8-9,12H2,1-3H3. The molecule has 0 amide bonds. The van der Waals surface area contributed by atoms with Crippen LogP contribution < -0.4 is 0 Å². The molecule has 3 heteroatoms. The highest BCUT2D eigenvalue weighted by Gasteiger charge is 2.25. The van der Waals surface area contributed by atoms with Gasteiger partial charge in [-0.25, -0.2) is 0 Å². The first kappa shape index (κ1) is 14.6. The van der Waals surface area contributed by atoms with Crippen molar-refractivity contribution in [3.63, 3.8) is 0 Å². The van der Waals surface area contributed by atoms with E-state index in [9.17, 15) is 4.79 Å². The monoisotopic (exact) mass is 294 g/mol. The van der Waals surface area contributed by atoms with Crippen molar-refractivity contribution in [2.24, 2.45) is 0 Å². The number of aromatic nitrogens is 1. The molecule has 114 valence electrons. The van der Waals surface area contributed by atoms with Crippen molar-refractivity contribution >= 4 is 5.78 Å². The fraction of sp³-hybridized carbons (Fsp3) is 0.316. The first-order valence-electron chi connectivity index (χ1n) is 7.70. The van der Waals surface area contributed by atoms with E-state index in [4.69, 9.17) is 0 Å². The van der Waals surface area contributed by atoms with E-state index < -0.39 is 0 Å². The molecule has 0 atom stereocenters. The molecule has 1 aromatic carbocycles. The Morgan fingerprint density at radius 3 is 2.55 bits per heavy atom. The third kappa shape index (κ3) is 2.84. The summed E-state index contributed by atoms with van der Waals surface area (Å²) in [5.41, 5.74) is 5.42. The van der Waals surface area contributed by atoms with Crippen LogP contribution in [0.2, 0.25) is 0 Å². The highest BCUT2D eigenvalue weighted by molar-refractivity contribution is 6.09. The van der Waals surface area contributed by atoms with Crippen molar-refractivity contribution in [1.82, 2.24) is 9.47 Å². The van der Waals surface area contributed by atoms with E-state index in [0.717, 1.165) is 30.7 Å². The lowest BCUT2D eigenvalue weighted by molar-refractivity contribution is 0.101. The summed E-state index contributed by atoms with van der Waals surface area (Å²) in [5.74, 6) is 0.173. The maximum Gasteiger partial charge on any atom is 0.207 e. The van der Waals surface area contributed by atoms with Crippen molar-refractivity contribution in [3.05, 3.63) is 70.7 Å². The SMILES string of the molecule is Cc1ccc(Cn2ccc3c2C(=O)C(=CN(C)C)CC3)cc1. The van der Waals surface area contributed by atoms with Gasteiger partial charge in [0.25, 0.3) is 0 Å². The maximum atomic E-state index is 12.8. The zero-order chi connectivity index (χ0) is 15.7. The van der Waals surface area contributed by atoms with Crippen LogP contribution in [0.1, 0.15) is 33.6 Å². The van der Waals surface area contributed by atoms with Crippen LogP contribution in [0.3, 0.4) is 0 Å². The predicted octanol–water partition coefficient (Wildman–Crippen LogP) is 3.42. The molecule has 0 saturated carbocycles.